The van der Waals surface area contributed by atoms with Crippen molar-refractivity contribution in [2.75, 3.05) is 0 Å². The highest BCUT2D eigenvalue weighted by Gasteiger charge is 2.28. The van der Waals surface area contributed by atoms with Crippen molar-refractivity contribution < 1.29 is 0 Å². The van der Waals surface area contributed by atoms with E-state index in [2.05, 4.69) is 59.5 Å². The summed E-state index contributed by atoms with van der Waals surface area (Å²) < 4.78 is 0. The standard InChI is InChI=1S/C18H22N2/c19-12-16-7-4-8-17(11-16)14-20(18-9-10-18)13-15-5-2-1-3-6-15/h1-8,11,18H,9-10,12-14,19H2. The van der Waals surface area contributed by atoms with Gasteiger partial charge in [0, 0.05) is 25.7 Å². The molecule has 1 aliphatic carbocycles. The van der Waals surface area contributed by atoms with Crippen molar-refractivity contribution in [2.24, 2.45) is 5.73 Å². The van der Waals surface area contributed by atoms with Crippen molar-refractivity contribution in [3.8, 4) is 0 Å². The molecular formula is C18H22N2. The molecule has 0 radical (unpaired) electrons. The van der Waals surface area contributed by atoms with E-state index in [0.29, 0.717) is 6.54 Å². The maximum Gasteiger partial charge on any atom is 0.0240 e. The molecule has 2 aromatic carbocycles. The van der Waals surface area contributed by atoms with E-state index < -0.39 is 0 Å². The van der Waals surface area contributed by atoms with Gasteiger partial charge in [-0.3, -0.25) is 4.90 Å². The Labute approximate surface area is 121 Å². The summed E-state index contributed by atoms with van der Waals surface area (Å²) in [5, 5.41) is 0. The van der Waals surface area contributed by atoms with E-state index in [1.807, 2.05) is 0 Å². The molecule has 2 nitrogen and oxygen atoms in total. The van der Waals surface area contributed by atoms with Gasteiger partial charge in [-0.25, -0.2) is 0 Å². The first-order valence-electron chi connectivity index (χ1n) is 7.41. The summed E-state index contributed by atoms with van der Waals surface area (Å²) in [4.78, 5) is 2.59. The first-order valence-corrected chi connectivity index (χ1v) is 7.41. The minimum Gasteiger partial charge on any atom is -0.326 e. The monoisotopic (exact) mass is 266 g/mol. The van der Waals surface area contributed by atoms with E-state index in [9.17, 15) is 0 Å². The van der Waals surface area contributed by atoms with E-state index in [4.69, 9.17) is 5.73 Å². The quantitative estimate of drug-likeness (QED) is 0.869. The summed E-state index contributed by atoms with van der Waals surface area (Å²) >= 11 is 0. The molecule has 0 saturated heterocycles. The smallest absolute Gasteiger partial charge is 0.0240 e. The molecule has 1 aliphatic rings. The SMILES string of the molecule is NCc1cccc(CN(Cc2ccccc2)C2CC2)c1. The first kappa shape index (κ1) is 13.3. The third kappa shape index (κ3) is 3.47. The predicted octanol–water partition coefficient (Wildman–Crippen LogP) is 3.31. The summed E-state index contributed by atoms with van der Waals surface area (Å²) in [6, 6.07) is 20.2. The largest absolute Gasteiger partial charge is 0.326 e. The summed E-state index contributed by atoms with van der Waals surface area (Å²) in [5.41, 5.74) is 9.72. The molecule has 2 aromatic rings. The summed E-state index contributed by atoms with van der Waals surface area (Å²) in [6.07, 6.45) is 2.67. The van der Waals surface area contributed by atoms with Crippen LogP contribution in [0.3, 0.4) is 0 Å². The Morgan fingerprint density at radius 3 is 2.20 bits per heavy atom. The molecule has 2 heteroatoms. The van der Waals surface area contributed by atoms with Crippen molar-refractivity contribution >= 4 is 0 Å². The summed E-state index contributed by atoms with van der Waals surface area (Å²) in [7, 11) is 0. The van der Waals surface area contributed by atoms with Crippen molar-refractivity contribution in [3.63, 3.8) is 0 Å². The van der Waals surface area contributed by atoms with Gasteiger partial charge in [0.25, 0.3) is 0 Å². The highest BCUT2D eigenvalue weighted by atomic mass is 15.2. The molecule has 0 heterocycles. The molecule has 1 saturated carbocycles. The van der Waals surface area contributed by atoms with Gasteiger partial charge in [0.1, 0.15) is 0 Å². The van der Waals surface area contributed by atoms with Crippen molar-refractivity contribution in [3.05, 3.63) is 71.3 Å². The molecule has 3 rings (SSSR count). The van der Waals surface area contributed by atoms with Crippen molar-refractivity contribution in [1.29, 1.82) is 0 Å². The van der Waals surface area contributed by atoms with E-state index >= 15 is 0 Å². The Bertz CT molecular complexity index is 546. The average molecular weight is 266 g/mol. The molecule has 0 unspecified atom stereocenters. The van der Waals surface area contributed by atoms with Crippen LogP contribution in [0.1, 0.15) is 29.5 Å². The number of nitrogens with zero attached hydrogens (tertiary/aromatic N) is 1. The molecule has 20 heavy (non-hydrogen) atoms. The zero-order valence-corrected chi connectivity index (χ0v) is 11.8. The van der Waals surface area contributed by atoms with Gasteiger partial charge in [-0.05, 0) is 29.5 Å². The topological polar surface area (TPSA) is 29.3 Å². The van der Waals surface area contributed by atoms with Crippen LogP contribution in [0.5, 0.6) is 0 Å². The normalized spacial score (nSPS) is 14.7. The van der Waals surface area contributed by atoms with Gasteiger partial charge in [0.05, 0.1) is 0 Å². The first-order chi connectivity index (χ1) is 9.85. The Kier molecular flexibility index (Phi) is 4.14. The Hall–Kier alpha value is -1.64. The number of rotatable bonds is 6. The van der Waals surface area contributed by atoms with Crippen LogP contribution in [-0.4, -0.2) is 10.9 Å². The Balaban J connectivity index is 1.71. The van der Waals surface area contributed by atoms with Gasteiger partial charge >= 0.3 is 0 Å². The molecule has 0 bridgehead atoms. The second kappa shape index (κ2) is 6.21. The Morgan fingerprint density at radius 2 is 1.50 bits per heavy atom. The Morgan fingerprint density at radius 1 is 0.850 bits per heavy atom. The van der Waals surface area contributed by atoms with Crippen LogP contribution in [0, 0.1) is 0 Å². The molecular weight excluding hydrogens is 244 g/mol. The number of hydrogen-bond donors (Lipinski definition) is 1. The molecule has 0 aromatic heterocycles. The fourth-order valence-corrected chi connectivity index (χ4v) is 2.66. The van der Waals surface area contributed by atoms with Crippen LogP contribution in [-0.2, 0) is 19.6 Å². The lowest BCUT2D eigenvalue weighted by Crippen LogP contribution is -2.25. The minimum absolute atomic E-state index is 0.621. The molecule has 1 fully saturated rings. The van der Waals surface area contributed by atoms with E-state index in [1.54, 1.807) is 0 Å². The van der Waals surface area contributed by atoms with Crippen LogP contribution in [0.25, 0.3) is 0 Å². The second-order valence-corrected chi connectivity index (χ2v) is 5.65. The zero-order chi connectivity index (χ0) is 13.8. The van der Waals surface area contributed by atoms with Gasteiger partial charge in [0.2, 0.25) is 0 Å². The van der Waals surface area contributed by atoms with Crippen LogP contribution in [0.4, 0.5) is 0 Å². The van der Waals surface area contributed by atoms with Gasteiger partial charge < -0.3 is 5.73 Å². The minimum atomic E-state index is 0.621. The van der Waals surface area contributed by atoms with Gasteiger partial charge in [-0.1, -0.05) is 54.6 Å². The van der Waals surface area contributed by atoms with Crippen LogP contribution < -0.4 is 5.73 Å². The zero-order valence-electron chi connectivity index (χ0n) is 11.8. The second-order valence-electron chi connectivity index (χ2n) is 5.65. The van der Waals surface area contributed by atoms with E-state index in [0.717, 1.165) is 19.1 Å². The molecule has 0 aliphatic heterocycles. The van der Waals surface area contributed by atoms with E-state index in [-0.39, 0.29) is 0 Å². The molecule has 0 spiro atoms. The maximum atomic E-state index is 5.73. The van der Waals surface area contributed by atoms with Crippen LogP contribution in [0.2, 0.25) is 0 Å². The van der Waals surface area contributed by atoms with Gasteiger partial charge in [-0.2, -0.15) is 0 Å². The third-order valence-electron chi connectivity index (χ3n) is 3.90. The third-order valence-corrected chi connectivity index (χ3v) is 3.90. The number of nitrogens with two attached hydrogens (primary N) is 1. The number of hydrogen-bond acceptors (Lipinski definition) is 2. The average Bonchev–Trinajstić information content (AvgIpc) is 3.33. The maximum absolute atomic E-state index is 5.73. The van der Waals surface area contributed by atoms with E-state index in [1.165, 1.54) is 29.5 Å². The van der Waals surface area contributed by atoms with Crippen molar-refractivity contribution in [1.82, 2.24) is 4.90 Å². The highest BCUT2D eigenvalue weighted by Crippen LogP contribution is 2.29. The highest BCUT2D eigenvalue weighted by molar-refractivity contribution is 5.24. The molecule has 104 valence electrons. The fraction of sp³-hybridized carbons (Fsp3) is 0.333. The summed E-state index contributed by atoms with van der Waals surface area (Å²) in [5.74, 6) is 0. The fourth-order valence-electron chi connectivity index (χ4n) is 2.66. The molecule has 2 N–H and O–H groups in total. The van der Waals surface area contributed by atoms with Gasteiger partial charge in [-0.15, -0.1) is 0 Å². The van der Waals surface area contributed by atoms with Gasteiger partial charge in [0.15, 0.2) is 0 Å². The summed E-state index contributed by atoms with van der Waals surface area (Å²) in [6.45, 7) is 2.68. The predicted molar refractivity (Wildman–Crippen MR) is 83.0 cm³/mol. The lowest BCUT2D eigenvalue weighted by Gasteiger charge is -2.22. The lowest BCUT2D eigenvalue weighted by atomic mass is 10.1. The lowest BCUT2D eigenvalue weighted by molar-refractivity contribution is 0.245. The van der Waals surface area contributed by atoms with Crippen LogP contribution >= 0.6 is 0 Å². The van der Waals surface area contributed by atoms with Crippen LogP contribution in [0.15, 0.2) is 54.6 Å². The molecule has 0 amide bonds. The number of benzene rings is 2. The van der Waals surface area contributed by atoms with Crippen molar-refractivity contribution in [2.45, 2.75) is 38.5 Å². The molecule has 0 atom stereocenters.